The maximum atomic E-state index is 13.6. The first-order chi connectivity index (χ1) is 16.9. The molecule has 2 aliphatic rings. The number of aromatic nitrogens is 2. The molecule has 1 saturated heterocycles. The van der Waals surface area contributed by atoms with Gasteiger partial charge in [-0.2, -0.15) is 5.10 Å². The summed E-state index contributed by atoms with van der Waals surface area (Å²) in [4.78, 5) is 41.3. The molecule has 0 spiro atoms. The number of fused-ring (bicyclic) bond motifs is 1. The van der Waals surface area contributed by atoms with Gasteiger partial charge in [0.2, 0.25) is 5.91 Å². The molecule has 180 valence electrons. The van der Waals surface area contributed by atoms with E-state index in [1.807, 2.05) is 0 Å². The number of aliphatic hydroxyl groups excluding tert-OH is 1. The van der Waals surface area contributed by atoms with Crippen molar-refractivity contribution in [3.63, 3.8) is 0 Å². The van der Waals surface area contributed by atoms with Gasteiger partial charge in [-0.3, -0.25) is 14.4 Å². The van der Waals surface area contributed by atoms with Gasteiger partial charge in [0.15, 0.2) is 5.69 Å². The number of primary amides is 1. The number of carbonyl (C=O) groups is 3. The van der Waals surface area contributed by atoms with Crippen LogP contribution in [0, 0.1) is 0 Å². The van der Waals surface area contributed by atoms with Crippen LogP contribution in [0.1, 0.15) is 39.4 Å². The average Bonchev–Trinajstić information content (AvgIpc) is 3.26. The summed E-state index contributed by atoms with van der Waals surface area (Å²) in [6.07, 6.45) is 0.448. The van der Waals surface area contributed by atoms with Crippen molar-refractivity contribution in [2.45, 2.75) is 25.4 Å². The van der Waals surface area contributed by atoms with Crippen LogP contribution in [0.4, 0.5) is 11.4 Å². The number of anilines is 2. The van der Waals surface area contributed by atoms with E-state index in [1.165, 1.54) is 4.68 Å². The van der Waals surface area contributed by atoms with E-state index in [9.17, 15) is 19.5 Å². The molecule has 1 unspecified atom stereocenters. The van der Waals surface area contributed by atoms with Crippen molar-refractivity contribution in [1.82, 2.24) is 9.78 Å². The normalized spacial score (nSPS) is 17.9. The van der Waals surface area contributed by atoms with E-state index >= 15 is 0 Å². The maximum absolute atomic E-state index is 13.6. The van der Waals surface area contributed by atoms with Crippen LogP contribution >= 0.6 is 0 Å². The number of rotatable bonds is 5. The number of aliphatic hydroxyl groups is 1. The van der Waals surface area contributed by atoms with E-state index in [0.717, 1.165) is 5.69 Å². The summed E-state index contributed by atoms with van der Waals surface area (Å²) in [5.41, 5.74) is 8.46. The summed E-state index contributed by atoms with van der Waals surface area (Å²) in [7, 11) is 1.56. The largest absolute Gasteiger partial charge is 0.497 e. The smallest absolute Gasteiger partial charge is 0.277 e. The lowest BCUT2D eigenvalue weighted by molar-refractivity contribution is -0.122. The van der Waals surface area contributed by atoms with Crippen molar-refractivity contribution < 1.29 is 24.2 Å². The number of methoxy groups -OCH3 is 1. The quantitative estimate of drug-likeness (QED) is 0.575. The summed E-state index contributed by atoms with van der Waals surface area (Å²) < 4.78 is 6.66. The first-order valence-corrected chi connectivity index (χ1v) is 11.3. The lowest BCUT2D eigenvalue weighted by atomic mass is 10.0. The van der Waals surface area contributed by atoms with Gasteiger partial charge < -0.3 is 25.4 Å². The minimum atomic E-state index is -0.685. The Kier molecular flexibility index (Phi) is 5.73. The number of carbonyl (C=O) groups excluding carboxylic acids is 3. The number of benzene rings is 2. The molecule has 2 aliphatic heterocycles. The second-order valence-electron chi connectivity index (χ2n) is 8.57. The molecule has 0 saturated carbocycles. The standard InChI is InChI=1S/C25H25N5O5/c1-35-19-8-6-17(7-9-19)30-23-20(22(27-30)24(26)33)11-13-29(25(23)34)16-4-2-15(3-5-16)28-12-10-18(31)14-21(28)32/h2-9,18,31H,10-14H2,1H3,(H2,26,33)/i21+2. The van der Waals surface area contributed by atoms with Crippen molar-refractivity contribution in [2.24, 2.45) is 5.73 Å². The molecule has 10 heteroatoms. The van der Waals surface area contributed by atoms with Crippen LogP contribution in [-0.2, 0) is 11.2 Å². The number of piperidine rings is 1. The lowest BCUT2D eigenvalue weighted by Crippen LogP contribution is -2.41. The van der Waals surface area contributed by atoms with Gasteiger partial charge in [-0.15, -0.1) is 0 Å². The number of nitrogens with two attached hydrogens (primary N) is 1. The molecule has 3 N–H and O–H groups in total. The van der Waals surface area contributed by atoms with E-state index in [0.29, 0.717) is 54.3 Å². The van der Waals surface area contributed by atoms with Crippen LogP contribution in [0.15, 0.2) is 48.5 Å². The molecular formula is C25H25N5O5. The molecular weight excluding hydrogens is 452 g/mol. The molecule has 3 aromatic rings. The fourth-order valence-corrected chi connectivity index (χ4v) is 4.62. The van der Waals surface area contributed by atoms with Crippen LogP contribution < -0.4 is 20.3 Å². The highest BCUT2D eigenvalue weighted by molar-refractivity contribution is 6.09. The van der Waals surface area contributed by atoms with Gasteiger partial charge in [0, 0.05) is 30.0 Å². The Morgan fingerprint density at radius 1 is 1.09 bits per heavy atom. The Hall–Kier alpha value is -4.18. The summed E-state index contributed by atoms with van der Waals surface area (Å²) in [6.45, 7) is 0.802. The van der Waals surface area contributed by atoms with Crippen molar-refractivity contribution in [2.75, 3.05) is 30.0 Å². The van der Waals surface area contributed by atoms with E-state index in [1.54, 1.807) is 65.4 Å². The van der Waals surface area contributed by atoms with Gasteiger partial charge in [-0.1, -0.05) is 0 Å². The van der Waals surface area contributed by atoms with Crippen molar-refractivity contribution >= 4 is 29.1 Å². The molecule has 1 atom stereocenters. The minimum Gasteiger partial charge on any atom is -0.497 e. The molecule has 5 rings (SSSR count). The molecule has 0 bridgehead atoms. The predicted octanol–water partition coefficient (Wildman–Crippen LogP) is 1.67. The second-order valence-corrected chi connectivity index (χ2v) is 8.57. The van der Waals surface area contributed by atoms with Gasteiger partial charge >= 0.3 is 0 Å². The highest BCUT2D eigenvalue weighted by Crippen LogP contribution is 2.31. The minimum absolute atomic E-state index is 0.0879. The Balaban J connectivity index is 1.47. The Morgan fingerprint density at radius 3 is 2.37 bits per heavy atom. The van der Waals surface area contributed by atoms with Crippen LogP contribution in [-0.4, -0.2) is 58.9 Å². The van der Waals surface area contributed by atoms with E-state index < -0.39 is 12.0 Å². The third kappa shape index (κ3) is 4.01. The molecule has 1 fully saturated rings. The second kappa shape index (κ2) is 8.88. The first-order valence-electron chi connectivity index (χ1n) is 11.3. The summed E-state index contributed by atoms with van der Waals surface area (Å²) in [5, 5.41) is 14.1. The molecule has 10 nitrogen and oxygen atoms in total. The van der Waals surface area contributed by atoms with Crippen LogP contribution in [0.3, 0.4) is 0 Å². The summed E-state index contributed by atoms with van der Waals surface area (Å²) >= 11 is 0. The Morgan fingerprint density at radius 2 is 1.74 bits per heavy atom. The third-order valence-electron chi connectivity index (χ3n) is 6.44. The fourth-order valence-electron chi connectivity index (χ4n) is 4.62. The van der Waals surface area contributed by atoms with Crippen molar-refractivity contribution in [1.29, 1.82) is 0 Å². The number of amides is 3. The Bertz CT molecular complexity index is 1300. The summed E-state index contributed by atoms with van der Waals surface area (Å²) in [5.74, 6) is -0.459. The Labute approximate surface area is 201 Å². The number of hydrogen-bond acceptors (Lipinski definition) is 6. The fraction of sp³-hybridized carbons (Fsp3) is 0.280. The molecule has 2 aromatic carbocycles. The van der Waals surface area contributed by atoms with Crippen LogP contribution in [0.25, 0.3) is 5.69 Å². The lowest BCUT2D eigenvalue weighted by Gasteiger charge is -2.31. The van der Waals surface area contributed by atoms with Gasteiger partial charge in [0.1, 0.15) is 11.4 Å². The molecule has 35 heavy (non-hydrogen) atoms. The molecule has 1 aromatic heterocycles. The average molecular weight is 477 g/mol. The monoisotopic (exact) mass is 477 g/mol. The van der Waals surface area contributed by atoms with E-state index in [-0.39, 0.29) is 23.9 Å². The molecule has 0 aliphatic carbocycles. The van der Waals surface area contributed by atoms with Gasteiger partial charge in [-0.25, -0.2) is 4.68 Å². The van der Waals surface area contributed by atoms with Gasteiger partial charge in [-0.05, 0) is 61.4 Å². The molecule has 0 radical (unpaired) electrons. The van der Waals surface area contributed by atoms with Gasteiger partial charge in [0.05, 0.1) is 25.3 Å². The number of hydrogen-bond donors (Lipinski definition) is 2. The highest BCUT2D eigenvalue weighted by atomic mass is 16.5. The zero-order valence-corrected chi connectivity index (χ0v) is 19.2. The third-order valence-corrected chi connectivity index (χ3v) is 6.44. The summed E-state index contributed by atoms with van der Waals surface area (Å²) in [6, 6.07) is 14.2. The SMILES string of the molecule is COc1ccc(-n2nc(C(N)=O)c3c2C(=O)N(c2ccc(N4CCC(O)C[14C]4=O)cc2)CC3)cc1. The van der Waals surface area contributed by atoms with E-state index in [4.69, 9.17) is 10.5 Å². The van der Waals surface area contributed by atoms with Gasteiger partial charge in [0.25, 0.3) is 11.8 Å². The topological polar surface area (TPSA) is 131 Å². The van der Waals surface area contributed by atoms with Crippen LogP contribution in [0.2, 0.25) is 0 Å². The zero-order valence-electron chi connectivity index (χ0n) is 19.2. The van der Waals surface area contributed by atoms with E-state index in [2.05, 4.69) is 5.10 Å². The first kappa shape index (κ1) is 22.6. The molecule has 3 amide bonds. The highest BCUT2D eigenvalue weighted by Gasteiger charge is 2.35. The maximum Gasteiger partial charge on any atom is 0.277 e. The van der Waals surface area contributed by atoms with Crippen LogP contribution in [0.5, 0.6) is 5.75 Å². The number of nitrogens with zero attached hydrogens (tertiary/aromatic N) is 4. The molecule has 3 heterocycles. The predicted molar refractivity (Wildman–Crippen MR) is 128 cm³/mol. The van der Waals surface area contributed by atoms with Crippen molar-refractivity contribution in [3.8, 4) is 11.4 Å². The zero-order chi connectivity index (χ0) is 24.7. The number of ether oxygens (including phenoxy) is 1. The van der Waals surface area contributed by atoms with Crippen molar-refractivity contribution in [3.05, 3.63) is 65.5 Å².